The lowest BCUT2D eigenvalue weighted by atomic mass is 10.0. The first-order valence-electron chi connectivity index (χ1n) is 8.16. The van der Waals surface area contributed by atoms with Crippen LogP contribution in [-0.4, -0.2) is 26.0 Å². The van der Waals surface area contributed by atoms with Crippen LogP contribution in [0, 0.1) is 6.92 Å². The molecular formula is C19H20N4O2. The number of aromatic nitrogens is 3. The van der Waals surface area contributed by atoms with Crippen LogP contribution in [0.5, 0.6) is 0 Å². The number of aliphatic hydroxyl groups excluding tert-OH is 1. The summed E-state index contributed by atoms with van der Waals surface area (Å²) in [7, 11) is 0. The molecule has 0 saturated heterocycles. The van der Waals surface area contributed by atoms with E-state index >= 15 is 0 Å². The molecule has 0 radical (unpaired) electrons. The summed E-state index contributed by atoms with van der Waals surface area (Å²) in [4.78, 5) is 24.2. The van der Waals surface area contributed by atoms with Gasteiger partial charge in [-0.2, -0.15) is 0 Å². The lowest BCUT2D eigenvalue weighted by molar-refractivity contribution is -0.114. The summed E-state index contributed by atoms with van der Waals surface area (Å²) in [6.45, 7) is 5.34. The van der Waals surface area contributed by atoms with Crippen LogP contribution in [-0.2, 0) is 4.79 Å². The van der Waals surface area contributed by atoms with Gasteiger partial charge in [0.2, 0.25) is 5.91 Å². The van der Waals surface area contributed by atoms with Gasteiger partial charge in [0.15, 0.2) is 0 Å². The molecule has 2 N–H and O–H groups in total. The zero-order valence-corrected chi connectivity index (χ0v) is 14.4. The number of nitrogens with one attached hydrogen (secondary N) is 1. The summed E-state index contributed by atoms with van der Waals surface area (Å²) >= 11 is 0. The van der Waals surface area contributed by atoms with E-state index in [1.807, 2.05) is 26.0 Å². The van der Waals surface area contributed by atoms with Gasteiger partial charge in [-0.3, -0.25) is 14.8 Å². The molecule has 0 bridgehead atoms. The first-order chi connectivity index (χ1) is 12.0. The first kappa shape index (κ1) is 17.0. The smallest absolute Gasteiger partial charge is 0.222 e. The van der Waals surface area contributed by atoms with E-state index in [2.05, 4.69) is 20.3 Å². The van der Waals surface area contributed by atoms with Gasteiger partial charge in [-0.05, 0) is 37.1 Å². The highest BCUT2D eigenvalue weighted by atomic mass is 16.3. The van der Waals surface area contributed by atoms with Crippen LogP contribution in [0.1, 0.15) is 37.6 Å². The standard InChI is InChI=1S/C19H20N4O2/c1-4-18(25)17-5-11(2)15(10-21-17)16-6-13-9-22-19(23-12(3)24)7-14(13)8-20-16/h5-10,18,25H,4H2,1-3H3,(H,22,23,24)/t18-/m1/s1. The molecule has 3 rings (SSSR count). The minimum Gasteiger partial charge on any atom is -0.387 e. The zero-order chi connectivity index (χ0) is 18.0. The molecule has 1 amide bonds. The molecule has 0 saturated carbocycles. The molecule has 3 aromatic rings. The Kier molecular flexibility index (Phi) is 4.72. The largest absolute Gasteiger partial charge is 0.387 e. The number of carbonyl (C=O) groups is 1. The third-order valence-corrected chi connectivity index (χ3v) is 4.04. The maximum absolute atomic E-state index is 11.1. The van der Waals surface area contributed by atoms with Crippen LogP contribution in [0.2, 0.25) is 0 Å². The average molecular weight is 336 g/mol. The quantitative estimate of drug-likeness (QED) is 0.762. The van der Waals surface area contributed by atoms with Crippen molar-refractivity contribution >= 4 is 22.5 Å². The molecule has 0 aliphatic rings. The summed E-state index contributed by atoms with van der Waals surface area (Å²) in [5, 5.41) is 14.4. The number of carbonyl (C=O) groups excluding carboxylic acids is 1. The molecule has 0 spiro atoms. The summed E-state index contributed by atoms with van der Waals surface area (Å²) in [6.07, 6.45) is 5.29. The van der Waals surface area contributed by atoms with Gasteiger partial charge in [-0.1, -0.05) is 6.92 Å². The van der Waals surface area contributed by atoms with E-state index in [0.717, 1.165) is 27.6 Å². The number of aliphatic hydroxyl groups is 1. The Bertz CT molecular complexity index is 940. The second-order valence-corrected chi connectivity index (χ2v) is 6.02. The predicted octanol–water partition coefficient (Wildman–Crippen LogP) is 3.40. The van der Waals surface area contributed by atoms with Gasteiger partial charge >= 0.3 is 0 Å². The summed E-state index contributed by atoms with van der Waals surface area (Å²) < 4.78 is 0. The third-order valence-electron chi connectivity index (χ3n) is 4.04. The van der Waals surface area contributed by atoms with Crippen molar-refractivity contribution < 1.29 is 9.90 Å². The SMILES string of the molecule is CC[C@@H](O)c1cc(C)c(-c2cc3cnc(NC(C)=O)cc3cn2)cn1. The number of hydrogen-bond donors (Lipinski definition) is 2. The topological polar surface area (TPSA) is 88.0 Å². The molecule has 128 valence electrons. The van der Waals surface area contributed by atoms with E-state index in [1.54, 1.807) is 24.7 Å². The Labute approximate surface area is 146 Å². The van der Waals surface area contributed by atoms with Crippen molar-refractivity contribution in [2.45, 2.75) is 33.3 Å². The molecule has 6 heteroatoms. The highest BCUT2D eigenvalue weighted by Crippen LogP contribution is 2.27. The van der Waals surface area contributed by atoms with Crippen LogP contribution in [0.25, 0.3) is 22.0 Å². The number of hydrogen-bond acceptors (Lipinski definition) is 5. The predicted molar refractivity (Wildman–Crippen MR) is 97.1 cm³/mol. The normalized spacial score (nSPS) is 12.2. The number of rotatable bonds is 4. The molecule has 6 nitrogen and oxygen atoms in total. The van der Waals surface area contributed by atoms with Crippen LogP contribution >= 0.6 is 0 Å². The third kappa shape index (κ3) is 3.64. The van der Waals surface area contributed by atoms with Gasteiger partial charge in [0.05, 0.1) is 17.5 Å². The van der Waals surface area contributed by atoms with Crippen LogP contribution in [0.15, 0.2) is 36.8 Å². The molecular weight excluding hydrogens is 316 g/mol. The fourth-order valence-corrected chi connectivity index (χ4v) is 2.67. The zero-order valence-electron chi connectivity index (χ0n) is 14.4. The van der Waals surface area contributed by atoms with E-state index in [0.29, 0.717) is 17.9 Å². The van der Waals surface area contributed by atoms with Gasteiger partial charge < -0.3 is 10.4 Å². The Morgan fingerprint density at radius 3 is 2.52 bits per heavy atom. The van der Waals surface area contributed by atoms with E-state index in [-0.39, 0.29) is 5.91 Å². The molecule has 1 atom stereocenters. The minimum atomic E-state index is -0.547. The number of fused-ring (bicyclic) bond motifs is 1. The number of pyridine rings is 3. The van der Waals surface area contributed by atoms with Crippen molar-refractivity contribution in [1.82, 2.24) is 15.0 Å². The number of nitrogens with zero attached hydrogens (tertiary/aromatic N) is 3. The van der Waals surface area contributed by atoms with Gasteiger partial charge in [-0.25, -0.2) is 4.98 Å². The summed E-state index contributed by atoms with van der Waals surface area (Å²) in [6, 6.07) is 5.63. The van der Waals surface area contributed by atoms with Gasteiger partial charge in [-0.15, -0.1) is 0 Å². The molecule has 0 fully saturated rings. The fraction of sp³-hybridized carbons (Fsp3) is 0.263. The van der Waals surface area contributed by atoms with Gasteiger partial charge in [0.25, 0.3) is 0 Å². The van der Waals surface area contributed by atoms with E-state index in [1.165, 1.54) is 6.92 Å². The molecule has 25 heavy (non-hydrogen) atoms. The highest BCUT2D eigenvalue weighted by molar-refractivity contribution is 5.92. The van der Waals surface area contributed by atoms with Crippen molar-refractivity contribution in [3.05, 3.63) is 48.0 Å². The second kappa shape index (κ2) is 6.94. The summed E-state index contributed by atoms with van der Waals surface area (Å²) in [5.74, 6) is 0.345. The van der Waals surface area contributed by atoms with Crippen molar-refractivity contribution in [3.63, 3.8) is 0 Å². The molecule has 0 aromatic carbocycles. The van der Waals surface area contributed by atoms with E-state index in [4.69, 9.17) is 0 Å². The number of aryl methyl sites for hydroxylation is 1. The Morgan fingerprint density at radius 2 is 1.84 bits per heavy atom. The Morgan fingerprint density at radius 1 is 1.12 bits per heavy atom. The lowest BCUT2D eigenvalue weighted by Gasteiger charge is -2.11. The fourth-order valence-electron chi connectivity index (χ4n) is 2.67. The number of anilines is 1. The monoisotopic (exact) mass is 336 g/mol. The Balaban J connectivity index is 1.98. The van der Waals surface area contributed by atoms with Crippen molar-refractivity contribution in [3.8, 4) is 11.3 Å². The number of amides is 1. The highest BCUT2D eigenvalue weighted by Gasteiger charge is 2.11. The Hall–Kier alpha value is -2.86. The lowest BCUT2D eigenvalue weighted by Crippen LogP contribution is -2.07. The van der Waals surface area contributed by atoms with Crippen LogP contribution < -0.4 is 5.32 Å². The first-order valence-corrected chi connectivity index (χ1v) is 8.16. The summed E-state index contributed by atoms with van der Waals surface area (Å²) in [5.41, 5.74) is 3.39. The average Bonchev–Trinajstić information content (AvgIpc) is 2.60. The molecule has 0 aliphatic carbocycles. The molecule has 3 heterocycles. The van der Waals surface area contributed by atoms with Crippen LogP contribution in [0.3, 0.4) is 0 Å². The van der Waals surface area contributed by atoms with Crippen molar-refractivity contribution in [1.29, 1.82) is 0 Å². The van der Waals surface area contributed by atoms with Crippen LogP contribution in [0.4, 0.5) is 5.82 Å². The van der Waals surface area contributed by atoms with Crippen molar-refractivity contribution in [2.75, 3.05) is 5.32 Å². The van der Waals surface area contributed by atoms with E-state index in [9.17, 15) is 9.90 Å². The minimum absolute atomic E-state index is 0.160. The van der Waals surface area contributed by atoms with Crippen molar-refractivity contribution in [2.24, 2.45) is 0 Å². The second-order valence-electron chi connectivity index (χ2n) is 6.02. The molecule has 3 aromatic heterocycles. The van der Waals surface area contributed by atoms with Gasteiger partial charge in [0.1, 0.15) is 5.82 Å². The molecule has 0 unspecified atom stereocenters. The van der Waals surface area contributed by atoms with E-state index < -0.39 is 6.10 Å². The molecule has 0 aliphatic heterocycles. The maximum Gasteiger partial charge on any atom is 0.222 e. The maximum atomic E-state index is 11.1. The van der Waals surface area contributed by atoms with Gasteiger partial charge in [0, 0.05) is 41.9 Å².